The highest BCUT2D eigenvalue weighted by Gasteiger charge is 2.13. The lowest BCUT2D eigenvalue weighted by Crippen LogP contribution is -2.15. The highest BCUT2D eigenvalue weighted by atomic mass is 32.2. The summed E-state index contributed by atoms with van der Waals surface area (Å²) in [6.45, 7) is 0. The lowest BCUT2D eigenvalue weighted by molar-refractivity contribution is 0.101. The molecule has 12 heteroatoms. The number of sulfonamides is 2. The maximum Gasteiger partial charge on any atom is 0.255 e. The van der Waals surface area contributed by atoms with E-state index in [9.17, 15) is 26.4 Å². The summed E-state index contributed by atoms with van der Waals surface area (Å²) in [5, 5.41) is 16.9. The first kappa shape index (κ1) is 25.0. The van der Waals surface area contributed by atoms with E-state index in [1.54, 1.807) is 36.4 Å². The molecule has 4 rings (SSSR count). The Balaban J connectivity index is 1.52. The number of carbonyl (C=O) groups excluding carboxylic acids is 2. The Kier molecular flexibility index (Phi) is 6.61. The molecule has 36 heavy (non-hydrogen) atoms. The van der Waals surface area contributed by atoms with Gasteiger partial charge in [0.1, 0.15) is 0 Å². The molecule has 4 aromatic rings. The van der Waals surface area contributed by atoms with Crippen molar-refractivity contribution in [1.82, 2.24) is 0 Å². The number of anilines is 2. The number of primary sulfonamides is 2. The van der Waals surface area contributed by atoms with Crippen LogP contribution in [0.1, 0.15) is 20.7 Å². The van der Waals surface area contributed by atoms with Gasteiger partial charge in [0, 0.05) is 22.5 Å². The minimum Gasteiger partial charge on any atom is -0.322 e. The summed E-state index contributed by atoms with van der Waals surface area (Å²) < 4.78 is 46.1. The summed E-state index contributed by atoms with van der Waals surface area (Å²) in [7, 11) is -7.82. The third-order valence-electron chi connectivity index (χ3n) is 5.21. The van der Waals surface area contributed by atoms with Crippen LogP contribution in [0.2, 0.25) is 0 Å². The Labute approximate surface area is 207 Å². The summed E-state index contributed by atoms with van der Waals surface area (Å²) in [4.78, 5) is 25.1. The molecule has 0 spiro atoms. The van der Waals surface area contributed by atoms with Crippen LogP contribution >= 0.6 is 0 Å². The maximum absolute atomic E-state index is 12.7. The third-order valence-corrected chi connectivity index (χ3v) is 7.03. The SMILES string of the molecule is NS(=O)(=O)c1cccc(NC(=O)c2ccc3cc(C(=O)Nc4cccc(S(N)(=O)=O)c4)ccc3c2)c1. The van der Waals surface area contributed by atoms with Crippen LogP contribution in [0.3, 0.4) is 0 Å². The zero-order chi connectivity index (χ0) is 26.1. The molecule has 0 aliphatic heterocycles. The number of fused-ring (bicyclic) bond motifs is 1. The van der Waals surface area contributed by atoms with Gasteiger partial charge >= 0.3 is 0 Å². The van der Waals surface area contributed by atoms with E-state index < -0.39 is 31.9 Å². The van der Waals surface area contributed by atoms with E-state index in [4.69, 9.17) is 10.3 Å². The van der Waals surface area contributed by atoms with Crippen molar-refractivity contribution in [1.29, 1.82) is 0 Å². The molecule has 184 valence electrons. The number of carbonyl (C=O) groups is 2. The van der Waals surface area contributed by atoms with Crippen molar-refractivity contribution in [3.05, 3.63) is 96.1 Å². The molecule has 0 atom stereocenters. The van der Waals surface area contributed by atoms with E-state index in [0.717, 1.165) is 0 Å². The fraction of sp³-hybridized carbons (Fsp3) is 0. The first-order valence-corrected chi connectivity index (χ1v) is 13.4. The summed E-state index contributed by atoms with van der Waals surface area (Å²) in [5.74, 6) is -0.917. The average molecular weight is 525 g/mol. The fourth-order valence-corrected chi connectivity index (χ4v) is 4.56. The van der Waals surface area contributed by atoms with Crippen molar-refractivity contribution in [2.24, 2.45) is 10.3 Å². The molecular formula is C24H20N4O6S2. The monoisotopic (exact) mass is 524 g/mol. The van der Waals surface area contributed by atoms with Gasteiger partial charge in [-0.3, -0.25) is 9.59 Å². The van der Waals surface area contributed by atoms with Crippen LogP contribution in [-0.4, -0.2) is 28.6 Å². The Morgan fingerprint density at radius 1 is 0.556 bits per heavy atom. The van der Waals surface area contributed by atoms with E-state index in [1.165, 1.54) is 48.5 Å². The Bertz CT molecular complexity index is 1610. The van der Waals surface area contributed by atoms with Crippen LogP contribution in [0.15, 0.2) is 94.7 Å². The minimum absolute atomic E-state index is 0.124. The van der Waals surface area contributed by atoms with Gasteiger partial charge in [-0.25, -0.2) is 27.1 Å². The van der Waals surface area contributed by atoms with Gasteiger partial charge in [0.15, 0.2) is 0 Å². The van der Waals surface area contributed by atoms with E-state index in [2.05, 4.69) is 10.6 Å². The van der Waals surface area contributed by atoms with Crippen molar-refractivity contribution in [3.63, 3.8) is 0 Å². The van der Waals surface area contributed by atoms with E-state index >= 15 is 0 Å². The lowest BCUT2D eigenvalue weighted by Gasteiger charge is -2.09. The molecule has 0 heterocycles. The van der Waals surface area contributed by atoms with Gasteiger partial charge in [-0.2, -0.15) is 0 Å². The predicted octanol–water partition coefficient (Wildman–Crippen LogP) is 2.64. The molecule has 0 saturated carbocycles. The molecule has 0 aromatic heterocycles. The minimum atomic E-state index is -3.91. The number of amides is 2. The van der Waals surface area contributed by atoms with Gasteiger partial charge in [-0.05, 0) is 71.4 Å². The largest absolute Gasteiger partial charge is 0.322 e. The molecule has 2 amide bonds. The topological polar surface area (TPSA) is 179 Å². The zero-order valence-corrected chi connectivity index (χ0v) is 20.1. The van der Waals surface area contributed by atoms with E-state index in [-0.39, 0.29) is 21.2 Å². The van der Waals surface area contributed by atoms with Crippen LogP contribution in [0.4, 0.5) is 11.4 Å². The van der Waals surface area contributed by atoms with Gasteiger partial charge in [0.05, 0.1) is 9.79 Å². The Morgan fingerprint density at radius 2 is 0.944 bits per heavy atom. The smallest absolute Gasteiger partial charge is 0.255 e. The Morgan fingerprint density at radius 3 is 1.31 bits per heavy atom. The van der Waals surface area contributed by atoms with Crippen molar-refractivity contribution in [3.8, 4) is 0 Å². The van der Waals surface area contributed by atoms with Crippen LogP contribution in [-0.2, 0) is 20.0 Å². The summed E-state index contributed by atoms with van der Waals surface area (Å²) in [5.41, 5.74) is 1.18. The first-order valence-electron chi connectivity index (χ1n) is 10.3. The molecule has 10 nitrogen and oxygen atoms in total. The standard InChI is InChI=1S/C24H20N4O6S2/c25-35(31,32)21-5-1-3-19(13-21)27-23(29)17-9-7-16-12-18(10-8-15(16)11-17)24(30)28-20-4-2-6-22(14-20)36(26,33)34/h1-14H,(H,27,29)(H,28,30)(H2,25,31,32)(H2,26,33,34). The number of rotatable bonds is 6. The zero-order valence-electron chi connectivity index (χ0n) is 18.5. The molecule has 6 N–H and O–H groups in total. The van der Waals surface area contributed by atoms with Crippen molar-refractivity contribution >= 4 is 54.0 Å². The highest BCUT2D eigenvalue weighted by molar-refractivity contribution is 7.89. The van der Waals surface area contributed by atoms with Crippen molar-refractivity contribution in [2.75, 3.05) is 10.6 Å². The number of nitrogens with one attached hydrogen (secondary N) is 2. The van der Waals surface area contributed by atoms with Gasteiger partial charge in [-0.1, -0.05) is 24.3 Å². The molecule has 0 bridgehead atoms. The molecule has 0 aliphatic rings. The lowest BCUT2D eigenvalue weighted by atomic mass is 10.0. The quantitative estimate of drug-likeness (QED) is 0.301. The molecule has 0 aliphatic carbocycles. The molecule has 0 radical (unpaired) electrons. The second-order valence-corrected chi connectivity index (χ2v) is 11.0. The number of benzene rings is 4. The van der Waals surface area contributed by atoms with Gasteiger partial charge in [0.25, 0.3) is 11.8 Å². The number of hydrogen-bond donors (Lipinski definition) is 4. The number of nitrogens with two attached hydrogens (primary N) is 2. The highest BCUT2D eigenvalue weighted by Crippen LogP contribution is 2.21. The van der Waals surface area contributed by atoms with Gasteiger partial charge in [-0.15, -0.1) is 0 Å². The predicted molar refractivity (Wildman–Crippen MR) is 135 cm³/mol. The Hall–Kier alpha value is -4.10. The second kappa shape index (κ2) is 9.51. The average Bonchev–Trinajstić information content (AvgIpc) is 2.82. The molecule has 4 aromatic carbocycles. The van der Waals surface area contributed by atoms with E-state index in [1.807, 2.05) is 0 Å². The molecule has 0 saturated heterocycles. The molecule has 0 unspecified atom stereocenters. The van der Waals surface area contributed by atoms with E-state index in [0.29, 0.717) is 21.9 Å². The third kappa shape index (κ3) is 5.75. The van der Waals surface area contributed by atoms with Crippen LogP contribution in [0.25, 0.3) is 10.8 Å². The normalized spacial score (nSPS) is 11.7. The summed E-state index contributed by atoms with van der Waals surface area (Å²) in [6.07, 6.45) is 0. The van der Waals surface area contributed by atoms with Gasteiger partial charge < -0.3 is 10.6 Å². The summed E-state index contributed by atoms with van der Waals surface area (Å²) in [6, 6.07) is 20.9. The first-order chi connectivity index (χ1) is 16.9. The van der Waals surface area contributed by atoms with Gasteiger partial charge in [0.2, 0.25) is 20.0 Å². The van der Waals surface area contributed by atoms with Crippen LogP contribution in [0.5, 0.6) is 0 Å². The van der Waals surface area contributed by atoms with Crippen molar-refractivity contribution in [2.45, 2.75) is 9.79 Å². The van der Waals surface area contributed by atoms with Crippen LogP contribution in [0, 0.1) is 0 Å². The summed E-state index contributed by atoms with van der Waals surface area (Å²) >= 11 is 0. The number of hydrogen-bond acceptors (Lipinski definition) is 6. The molecule has 0 fully saturated rings. The van der Waals surface area contributed by atoms with Crippen LogP contribution < -0.4 is 20.9 Å². The fourth-order valence-electron chi connectivity index (χ4n) is 3.44. The molecular weight excluding hydrogens is 504 g/mol. The maximum atomic E-state index is 12.7. The van der Waals surface area contributed by atoms with Crippen molar-refractivity contribution < 1.29 is 26.4 Å². The second-order valence-electron chi connectivity index (χ2n) is 7.83.